The molecular weight excluding hydrogens is 391 g/mol. The molecule has 0 bridgehead atoms. The lowest BCUT2D eigenvalue weighted by atomic mass is 9.95. The zero-order valence-corrected chi connectivity index (χ0v) is 14.7. The van der Waals surface area contributed by atoms with Crippen LogP contribution in [-0.4, -0.2) is 0 Å². The van der Waals surface area contributed by atoms with E-state index in [1.165, 1.54) is 36.6 Å². The fraction of sp³-hybridized carbons (Fsp3) is 0. The zero-order valence-electron chi connectivity index (χ0n) is 12.5. The van der Waals surface area contributed by atoms with Gasteiger partial charge in [-0.15, -0.1) is 0 Å². The lowest BCUT2D eigenvalue weighted by Gasteiger charge is -2.10. The summed E-state index contributed by atoms with van der Waals surface area (Å²) in [5, 5.41) is 2.58. The fourth-order valence-corrected chi connectivity index (χ4v) is 3.69. The van der Waals surface area contributed by atoms with Crippen LogP contribution in [0.15, 0.2) is 91.0 Å². The SMILES string of the molecule is Ic1cc(-c2ccccc2)cc(-c2cccc3ccccc23)c1. The van der Waals surface area contributed by atoms with Crippen molar-refractivity contribution in [2.24, 2.45) is 0 Å². The molecule has 4 aromatic carbocycles. The van der Waals surface area contributed by atoms with Crippen LogP contribution in [0.25, 0.3) is 33.0 Å². The van der Waals surface area contributed by atoms with E-state index in [1.54, 1.807) is 0 Å². The normalized spacial score (nSPS) is 10.8. The van der Waals surface area contributed by atoms with E-state index < -0.39 is 0 Å². The first kappa shape index (κ1) is 14.5. The smallest absolute Gasteiger partial charge is 0.0142 e. The Morgan fingerprint density at radius 1 is 0.522 bits per heavy atom. The van der Waals surface area contributed by atoms with Gasteiger partial charge in [0.05, 0.1) is 0 Å². The highest BCUT2D eigenvalue weighted by Gasteiger charge is 2.07. The van der Waals surface area contributed by atoms with Crippen LogP contribution in [0.2, 0.25) is 0 Å². The van der Waals surface area contributed by atoms with Gasteiger partial charge in [-0.3, -0.25) is 0 Å². The summed E-state index contributed by atoms with van der Waals surface area (Å²) in [6, 6.07) is 32.5. The third-order valence-corrected chi connectivity index (χ3v) is 4.73. The summed E-state index contributed by atoms with van der Waals surface area (Å²) < 4.78 is 1.26. The number of hydrogen-bond acceptors (Lipinski definition) is 0. The molecule has 0 spiro atoms. The molecule has 0 unspecified atom stereocenters. The van der Waals surface area contributed by atoms with E-state index in [4.69, 9.17) is 0 Å². The van der Waals surface area contributed by atoms with Gasteiger partial charge >= 0.3 is 0 Å². The summed E-state index contributed by atoms with van der Waals surface area (Å²) in [6.07, 6.45) is 0. The summed E-state index contributed by atoms with van der Waals surface area (Å²) in [5.74, 6) is 0. The first-order chi connectivity index (χ1) is 11.3. The predicted octanol–water partition coefficient (Wildman–Crippen LogP) is 6.78. The Labute approximate surface area is 149 Å². The monoisotopic (exact) mass is 406 g/mol. The van der Waals surface area contributed by atoms with E-state index in [-0.39, 0.29) is 0 Å². The van der Waals surface area contributed by atoms with Crippen LogP contribution in [0.5, 0.6) is 0 Å². The highest BCUT2D eigenvalue weighted by Crippen LogP contribution is 2.33. The van der Waals surface area contributed by atoms with E-state index in [2.05, 4.69) is 114 Å². The van der Waals surface area contributed by atoms with Gasteiger partial charge in [0.1, 0.15) is 0 Å². The number of fused-ring (bicyclic) bond motifs is 1. The largest absolute Gasteiger partial charge is 0.0622 e. The van der Waals surface area contributed by atoms with Crippen LogP contribution in [0.1, 0.15) is 0 Å². The van der Waals surface area contributed by atoms with Gasteiger partial charge in [0, 0.05) is 3.57 Å². The second kappa shape index (κ2) is 6.17. The third-order valence-electron chi connectivity index (χ3n) is 4.11. The van der Waals surface area contributed by atoms with Crippen LogP contribution in [-0.2, 0) is 0 Å². The average molecular weight is 406 g/mol. The number of hydrogen-bond donors (Lipinski definition) is 0. The maximum Gasteiger partial charge on any atom is 0.0142 e. The highest BCUT2D eigenvalue weighted by atomic mass is 127. The highest BCUT2D eigenvalue weighted by molar-refractivity contribution is 14.1. The summed E-state index contributed by atoms with van der Waals surface area (Å²) in [7, 11) is 0. The lowest BCUT2D eigenvalue weighted by molar-refractivity contribution is 1.57. The topological polar surface area (TPSA) is 0 Å². The Balaban J connectivity index is 1.94. The van der Waals surface area contributed by atoms with Crippen LogP contribution >= 0.6 is 22.6 Å². The quantitative estimate of drug-likeness (QED) is 0.322. The summed E-state index contributed by atoms with van der Waals surface area (Å²) in [5.41, 5.74) is 5.08. The third kappa shape index (κ3) is 2.89. The van der Waals surface area contributed by atoms with Crippen molar-refractivity contribution in [1.29, 1.82) is 0 Å². The summed E-state index contributed by atoms with van der Waals surface area (Å²) in [6.45, 7) is 0. The molecular formula is C22H15I. The Bertz CT molecular complexity index is 966. The molecule has 4 rings (SSSR count). The number of rotatable bonds is 2. The van der Waals surface area contributed by atoms with Crippen molar-refractivity contribution in [3.05, 3.63) is 94.6 Å². The molecule has 0 aliphatic heterocycles. The zero-order chi connectivity index (χ0) is 15.6. The number of benzene rings is 4. The molecule has 1 heteroatoms. The van der Waals surface area contributed by atoms with Crippen LogP contribution in [0.4, 0.5) is 0 Å². The molecule has 4 aromatic rings. The molecule has 0 N–H and O–H groups in total. The molecule has 0 saturated heterocycles. The van der Waals surface area contributed by atoms with Gasteiger partial charge in [-0.25, -0.2) is 0 Å². The molecule has 110 valence electrons. The van der Waals surface area contributed by atoms with Crippen molar-refractivity contribution in [2.45, 2.75) is 0 Å². The van der Waals surface area contributed by atoms with E-state index in [1.807, 2.05) is 0 Å². The Kier molecular flexibility index (Phi) is 3.88. The molecule has 0 amide bonds. The lowest BCUT2D eigenvalue weighted by Crippen LogP contribution is -1.86. The number of halogens is 1. The minimum absolute atomic E-state index is 1.26. The molecule has 0 saturated carbocycles. The second-order valence-electron chi connectivity index (χ2n) is 5.62. The second-order valence-corrected chi connectivity index (χ2v) is 6.87. The molecule has 23 heavy (non-hydrogen) atoms. The van der Waals surface area contributed by atoms with Crippen molar-refractivity contribution < 1.29 is 0 Å². The van der Waals surface area contributed by atoms with Gasteiger partial charge in [-0.05, 0) is 73.8 Å². The van der Waals surface area contributed by atoms with Gasteiger partial charge in [-0.2, -0.15) is 0 Å². The first-order valence-electron chi connectivity index (χ1n) is 7.65. The molecule has 0 nitrogen and oxygen atoms in total. The van der Waals surface area contributed by atoms with Gasteiger partial charge in [-0.1, -0.05) is 72.8 Å². The van der Waals surface area contributed by atoms with E-state index in [0.717, 1.165) is 0 Å². The minimum Gasteiger partial charge on any atom is -0.0622 e. The maximum absolute atomic E-state index is 2.41. The van der Waals surface area contributed by atoms with Gasteiger partial charge in [0.25, 0.3) is 0 Å². The van der Waals surface area contributed by atoms with E-state index in [9.17, 15) is 0 Å². The Morgan fingerprint density at radius 3 is 2.09 bits per heavy atom. The molecule has 0 heterocycles. The fourth-order valence-electron chi connectivity index (χ4n) is 3.02. The van der Waals surface area contributed by atoms with Gasteiger partial charge in [0.15, 0.2) is 0 Å². The van der Waals surface area contributed by atoms with Crippen molar-refractivity contribution in [1.82, 2.24) is 0 Å². The van der Waals surface area contributed by atoms with Crippen molar-refractivity contribution in [3.8, 4) is 22.3 Å². The van der Waals surface area contributed by atoms with Gasteiger partial charge < -0.3 is 0 Å². The molecule has 0 atom stereocenters. The standard InChI is InChI=1S/C22H15I/c23-20-14-18(16-7-2-1-3-8-16)13-19(15-20)22-12-6-10-17-9-4-5-11-21(17)22/h1-15H. The van der Waals surface area contributed by atoms with E-state index in [0.29, 0.717) is 0 Å². The van der Waals surface area contributed by atoms with E-state index >= 15 is 0 Å². The van der Waals surface area contributed by atoms with Crippen molar-refractivity contribution in [3.63, 3.8) is 0 Å². The molecule has 0 radical (unpaired) electrons. The van der Waals surface area contributed by atoms with Gasteiger partial charge in [0.2, 0.25) is 0 Å². The molecule has 0 aliphatic carbocycles. The first-order valence-corrected chi connectivity index (χ1v) is 8.73. The average Bonchev–Trinajstić information content (AvgIpc) is 2.61. The van der Waals surface area contributed by atoms with Crippen LogP contribution in [0.3, 0.4) is 0 Å². The van der Waals surface area contributed by atoms with Crippen molar-refractivity contribution >= 4 is 33.4 Å². The Morgan fingerprint density at radius 2 is 1.22 bits per heavy atom. The van der Waals surface area contributed by atoms with Crippen LogP contribution < -0.4 is 0 Å². The molecule has 0 fully saturated rings. The molecule has 0 aliphatic rings. The summed E-state index contributed by atoms with van der Waals surface area (Å²) in [4.78, 5) is 0. The Hall–Kier alpha value is -2.13. The predicted molar refractivity (Wildman–Crippen MR) is 108 cm³/mol. The maximum atomic E-state index is 2.41. The van der Waals surface area contributed by atoms with Crippen LogP contribution in [0, 0.1) is 3.57 Å². The minimum atomic E-state index is 1.26. The summed E-state index contributed by atoms with van der Waals surface area (Å²) >= 11 is 2.41. The van der Waals surface area contributed by atoms with Crippen molar-refractivity contribution in [2.75, 3.05) is 0 Å². The molecule has 0 aromatic heterocycles.